The molecule has 7 aromatic carbocycles. The third-order valence-electron chi connectivity index (χ3n) is 17.4. The van der Waals surface area contributed by atoms with Gasteiger partial charge in [0.15, 0.2) is 0 Å². The molecule has 13 rings (SSSR count). The minimum Gasteiger partial charge on any atom is -0.362 e. The van der Waals surface area contributed by atoms with Crippen LogP contribution in [0.15, 0.2) is 178 Å². The van der Waals surface area contributed by atoms with E-state index in [1.54, 1.807) is 170 Å². The Hall–Kier alpha value is -10.7. The number of hydrogen-bond acceptors (Lipinski definition) is 15. The number of amides is 3. The number of halogens is 5. The van der Waals surface area contributed by atoms with Gasteiger partial charge in [-0.15, -0.1) is 0 Å². The van der Waals surface area contributed by atoms with E-state index in [9.17, 15) is 63.5 Å². The van der Waals surface area contributed by atoms with Crippen LogP contribution in [0.25, 0.3) is 32.7 Å². The molecule has 98 heavy (non-hydrogen) atoms. The maximum Gasteiger partial charge on any atom is 0.357 e. The van der Waals surface area contributed by atoms with Crippen LogP contribution in [0.1, 0.15) is 36.6 Å². The predicted molar refractivity (Wildman–Crippen MR) is 376 cm³/mol. The third-order valence-corrected chi connectivity index (χ3v) is 18.7. The van der Waals surface area contributed by atoms with E-state index in [1.165, 1.54) is 46.0 Å². The fraction of sp³-hybridized carbons (Fsp3) is 0.217. The van der Waals surface area contributed by atoms with E-state index in [1.807, 2.05) is 4.90 Å². The zero-order valence-electron chi connectivity index (χ0n) is 52.4. The Morgan fingerprint density at radius 3 is 1.10 bits per heavy atom. The highest BCUT2D eigenvalue weighted by Crippen LogP contribution is 2.38. The molecule has 0 spiro atoms. The van der Waals surface area contributed by atoms with Crippen molar-refractivity contribution >= 4 is 131 Å². The second kappa shape index (κ2) is 29.3. The molecule has 3 saturated heterocycles. The van der Waals surface area contributed by atoms with Crippen LogP contribution in [-0.4, -0.2) is 139 Å². The van der Waals surface area contributed by atoms with Gasteiger partial charge in [0, 0.05) is 136 Å². The second-order valence-corrected chi connectivity index (χ2v) is 24.8. The number of anilines is 3. The number of benzene rings is 7. The van der Waals surface area contributed by atoms with Crippen molar-refractivity contribution in [2.24, 2.45) is 14.1 Å². The Kier molecular flexibility index (Phi) is 20.5. The number of hydrogen-bond donors (Lipinski definition) is 0. The molecular weight excluding hydrogens is 1350 g/mol. The third kappa shape index (κ3) is 14.1. The standard InChI is InChI=1S/C27H22ClFN4O4.C21H18Cl2N4O4.C21H19ClN4O4/c28-20-9-7-19(8-10-20)26(34)31-15-13-30(14-16-31)24-22-3-1-2-4-23(22)32(27(35)25(24)33(36)37)17-18-5-11-21(29)12-6-18;1-24-17-5-3-2-4-14(17)18(19(21(24)29)27(30)31)25-8-10-26(11-9-25)20(28)13-6-7-15(22)16(23)12-13;1-23-17-5-3-2-4-16(17)18(19(21(23)28)26(29)30)24-10-12-25(13-11-24)20(27)14-6-8-15(22)9-7-14/h1-12H,13-17H2;2-7,12H,8-11H2,1H3;2-9H,10-13H2,1H3. The van der Waals surface area contributed by atoms with Crippen LogP contribution in [0.2, 0.25) is 20.1 Å². The maximum atomic E-state index is 13.5. The minimum atomic E-state index is -0.734. The Balaban J connectivity index is 0.000000150. The first-order valence-corrected chi connectivity index (χ1v) is 32.2. The van der Waals surface area contributed by atoms with Crippen molar-refractivity contribution in [3.05, 3.63) is 273 Å². The molecule has 10 aromatic rings. The number of aryl methyl sites for hydroxylation is 2. The van der Waals surface area contributed by atoms with E-state index < -0.39 is 54.3 Å². The van der Waals surface area contributed by atoms with Crippen LogP contribution in [0.3, 0.4) is 0 Å². The number of aromatic nitrogens is 3. The summed E-state index contributed by atoms with van der Waals surface area (Å²) in [7, 11) is 3.06. The first kappa shape index (κ1) is 68.6. The van der Waals surface area contributed by atoms with Gasteiger partial charge in [0.2, 0.25) is 0 Å². The fourth-order valence-electron chi connectivity index (χ4n) is 12.4. The number of fused-ring (bicyclic) bond motifs is 3. The number of pyridine rings is 3. The van der Waals surface area contributed by atoms with E-state index in [-0.39, 0.29) is 30.0 Å². The first-order chi connectivity index (χ1) is 47.0. The number of rotatable bonds is 11. The molecule has 0 bridgehead atoms. The number of nitro groups is 3. The van der Waals surface area contributed by atoms with Gasteiger partial charge in [-0.3, -0.25) is 63.7 Å². The van der Waals surface area contributed by atoms with Crippen molar-refractivity contribution in [2.75, 3.05) is 93.2 Å². The van der Waals surface area contributed by atoms with E-state index in [0.29, 0.717) is 165 Å². The van der Waals surface area contributed by atoms with Gasteiger partial charge < -0.3 is 38.5 Å². The number of piperazine rings is 3. The lowest BCUT2D eigenvalue weighted by molar-refractivity contribution is -0.385. The SMILES string of the molecule is Cn1c(=O)c([N+](=O)[O-])c(N2CCN(C(=O)c3ccc(Cl)c(Cl)c3)CC2)c2ccccc21.Cn1c(=O)c([N+](=O)[O-])c(N2CCN(C(=O)c3ccc(Cl)cc3)CC2)c2ccccc21.O=C(c1ccc(Cl)cc1)N1CCN(c2c([N+](=O)[O-])c(=O)n(Cc3ccc(F)cc3)c3ccccc23)CC1. The Bertz CT molecular complexity index is 5000. The molecule has 3 fully saturated rings. The minimum absolute atomic E-state index is 0.0596. The zero-order chi connectivity index (χ0) is 69.8. The van der Waals surface area contributed by atoms with Crippen molar-refractivity contribution in [3.8, 4) is 0 Å². The number of nitrogens with zero attached hydrogens (tertiary/aromatic N) is 12. The highest BCUT2D eigenvalue weighted by Gasteiger charge is 2.36. The number of para-hydroxylation sites is 3. The highest BCUT2D eigenvalue weighted by molar-refractivity contribution is 6.42. The van der Waals surface area contributed by atoms with Gasteiger partial charge in [-0.1, -0.05) is 113 Å². The summed E-state index contributed by atoms with van der Waals surface area (Å²) in [4.78, 5) is 122. The van der Waals surface area contributed by atoms with Gasteiger partial charge in [-0.2, -0.15) is 0 Å². The Morgan fingerprint density at radius 2 is 0.735 bits per heavy atom. The first-order valence-electron chi connectivity index (χ1n) is 30.7. The zero-order valence-corrected chi connectivity index (χ0v) is 55.5. The Labute approximate surface area is 577 Å². The summed E-state index contributed by atoms with van der Waals surface area (Å²) < 4.78 is 17.3. The van der Waals surface area contributed by atoms with Crippen molar-refractivity contribution in [1.29, 1.82) is 0 Å². The van der Waals surface area contributed by atoms with Gasteiger partial charge in [-0.05, 0) is 103 Å². The summed E-state index contributed by atoms with van der Waals surface area (Å²) in [6.07, 6.45) is 0. The molecule has 0 aliphatic carbocycles. The molecule has 6 heterocycles. The summed E-state index contributed by atoms with van der Waals surface area (Å²) >= 11 is 23.8. The lowest BCUT2D eigenvalue weighted by Gasteiger charge is -2.36. The summed E-state index contributed by atoms with van der Waals surface area (Å²) in [5.41, 5.74) is 1.32. The molecule has 0 atom stereocenters. The molecule has 29 heteroatoms. The Morgan fingerprint density at radius 1 is 0.408 bits per heavy atom. The average molecular weight is 1410 g/mol. The highest BCUT2D eigenvalue weighted by atomic mass is 35.5. The summed E-state index contributed by atoms with van der Waals surface area (Å²) in [6, 6.07) is 45.0. The van der Waals surface area contributed by atoms with Crippen molar-refractivity contribution in [3.63, 3.8) is 0 Å². The van der Waals surface area contributed by atoms with Crippen LogP contribution in [0.5, 0.6) is 0 Å². The molecule has 3 aromatic heterocycles. The van der Waals surface area contributed by atoms with Gasteiger partial charge in [0.1, 0.15) is 22.9 Å². The lowest BCUT2D eigenvalue weighted by atomic mass is 10.1. The van der Waals surface area contributed by atoms with E-state index >= 15 is 0 Å². The molecule has 3 aliphatic rings. The topological polar surface area (TPSA) is 266 Å². The average Bonchev–Trinajstić information content (AvgIpc) is 0.755. The lowest BCUT2D eigenvalue weighted by Crippen LogP contribution is -2.49. The molecular formula is C69H59Cl4FN12O12. The molecule has 0 radical (unpaired) electrons. The molecule has 0 N–H and O–H groups in total. The normalized spacial score (nSPS) is 14.0. The van der Waals surface area contributed by atoms with Crippen LogP contribution in [0.4, 0.5) is 38.5 Å². The molecule has 0 unspecified atom stereocenters. The fourth-order valence-corrected chi connectivity index (χ4v) is 13.0. The molecule has 3 amide bonds. The van der Waals surface area contributed by atoms with Gasteiger partial charge in [-0.25, -0.2) is 4.39 Å². The van der Waals surface area contributed by atoms with Crippen molar-refractivity contribution in [2.45, 2.75) is 6.54 Å². The largest absolute Gasteiger partial charge is 0.362 e. The van der Waals surface area contributed by atoms with Crippen molar-refractivity contribution < 1.29 is 33.5 Å². The number of carbonyl (C=O) groups excluding carboxylic acids is 3. The van der Waals surface area contributed by atoms with Gasteiger partial charge in [0.25, 0.3) is 17.7 Å². The monoisotopic (exact) mass is 1410 g/mol. The second-order valence-electron chi connectivity index (χ2n) is 23.1. The van der Waals surface area contributed by atoms with E-state index in [0.717, 1.165) is 0 Å². The van der Waals surface area contributed by atoms with Crippen LogP contribution < -0.4 is 31.4 Å². The van der Waals surface area contributed by atoms with E-state index in [2.05, 4.69) is 0 Å². The summed E-state index contributed by atoms with van der Waals surface area (Å²) in [6.45, 7) is 4.34. The van der Waals surface area contributed by atoms with Crippen LogP contribution in [0, 0.1) is 36.2 Å². The van der Waals surface area contributed by atoms with Crippen LogP contribution in [-0.2, 0) is 20.6 Å². The molecule has 0 saturated carbocycles. The van der Waals surface area contributed by atoms with Gasteiger partial charge >= 0.3 is 33.7 Å². The van der Waals surface area contributed by atoms with Gasteiger partial charge in [0.05, 0.1) is 47.9 Å². The quantitative estimate of drug-likeness (QED) is 0.0860. The molecule has 24 nitrogen and oxygen atoms in total. The van der Waals surface area contributed by atoms with Crippen LogP contribution >= 0.6 is 46.4 Å². The van der Waals surface area contributed by atoms with E-state index in [4.69, 9.17) is 46.4 Å². The predicted octanol–water partition coefficient (Wildman–Crippen LogP) is 11.5. The summed E-state index contributed by atoms with van der Waals surface area (Å²) in [5, 5.41) is 39.3. The molecule has 3 aliphatic heterocycles. The smallest absolute Gasteiger partial charge is 0.357 e. The molecule has 502 valence electrons. The summed E-state index contributed by atoms with van der Waals surface area (Å²) in [5.74, 6) is -0.863. The van der Waals surface area contributed by atoms with Crippen molar-refractivity contribution in [1.82, 2.24) is 28.4 Å². The maximum absolute atomic E-state index is 13.5. The number of carbonyl (C=O) groups is 3.